The van der Waals surface area contributed by atoms with Crippen molar-refractivity contribution in [3.05, 3.63) is 36.9 Å². The monoisotopic (exact) mass is 312 g/mol. The molecule has 0 saturated carbocycles. The van der Waals surface area contributed by atoms with Gasteiger partial charge in [0.25, 0.3) is 5.91 Å². The minimum atomic E-state index is -0.465. The quantitative estimate of drug-likeness (QED) is 0.279. The summed E-state index contributed by atoms with van der Waals surface area (Å²) in [4.78, 5) is 12.0. The zero-order chi connectivity index (χ0) is 14.7. The lowest BCUT2D eigenvalue weighted by molar-refractivity contribution is -0.671. The topological polar surface area (TPSA) is 84.6 Å². The minimum Gasteiger partial charge on any atom is -1.00 e. The Morgan fingerprint density at radius 3 is 2.81 bits per heavy atom. The lowest BCUT2D eigenvalue weighted by Gasteiger charge is -2.15. The normalized spacial score (nSPS) is 9.86. The van der Waals surface area contributed by atoms with Crippen LogP contribution in [0.4, 0.5) is 11.4 Å². The summed E-state index contributed by atoms with van der Waals surface area (Å²) >= 11 is 0. The van der Waals surface area contributed by atoms with Crippen LogP contribution in [0.5, 0.6) is 5.75 Å². The first-order valence-electron chi connectivity index (χ1n) is 5.97. The first-order chi connectivity index (χ1) is 9.51. The van der Waals surface area contributed by atoms with E-state index in [0.29, 0.717) is 22.2 Å². The molecule has 8 heteroatoms. The number of aromatic nitrogens is 2. The highest BCUT2D eigenvalue weighted by Gasteiger charge is 2.17. The number of hydroxylamine groups is 1. The van der Waals surface area contributed by atoms with Gasteiger partial charge in [-0.1, -0.05) is 0 Å². The Morgan fingerprint density at radius 2 is 2.24 bits per heavy atom. The number of anilines is 2. The molecule has 0 fully saturated rings. The Labute approximate surface area is 128 Å². The van der Waals surface area contributed by atoms with Crippen LogP contribution < -0.4 is 32.5 Å². The third-order valence-corrected chi connectivity index (χ3v) is 2.84. The van der Waals surface area contributed by atoms with E-state index >= 15 is 0 Å². The summed E-state index contributed by atoms with van der Waals surface area (Å²) in [5.41, 5.74) is 6.43. The molecule has 0 aliphatic carbocycles. The number of halogens is 1. The maximum Gasteiger partial charge on any atom is 0.292 e. The molecule has 21 heavy (non-hydrogen) atoms. The number of ether oxygens (including phenoxy) is 1. The van der Waals surface area contributed by atoms with E-state index in [0.717, 1.165) is 0 Å². The fraction of sp³-hybridized carbons (Fsp3) is 0.231. The number of amides is 1. The molecule has 3 N–H and O–H groups in total. The minimum absolute atomic E-state index is 0. The highest BCUT2D eigenvalue weighted by molar-refractivity contribution is 5.91. The van der Waals surface area contributed by atoms with Crippen LogP contribution in [0, 0.1) is 0 Å². The van der Waals surface area contributed by atoms with Crippen molar-refractivity contribution in [3.8, 4) is 5.75 Å². The zero-order valence-corrected chi connectivity index (χ0v) is 12.5. The van der Waals surface area contributed by atoms with Crippen LogP contribution in [0.1, 0.15) is 0 Å². The predicted molar refractivity (Wildman–Crippen MR) is 72.3 cm³/mol. The summed E-state index contributed by atoms with van der Waals surface area (Å²) in [5.74, 6) is -0.0604. The summed E-state index contributed by atoms with van der Waals surface area (Å²) in [6.07, 6.45) is 5.30. The second kappa shape index (κ2) is 6.96. The summed E-state index contributed by atoms with van der Waals surface area (Å²) < 4.78 is 8.53. The summed E-state index contributed by atoms with van der Waals surface area (Å²) in [6.45, 7) is 0.0318. The number of rotatable bonds is 4. The Kier molecular flexibility index (Phi) is 5.57. The van der Waals surface area contributed by atoms with E-state index in [1.165, 1.54) is 13.2 Å². The van der Waals surface area contributed by atoms with Crippen LogP contribution in [-0.2, 0) is 18.4 Å². The summed E-state index contributed by atoms with van der Waals surface area (Å²) in [6, 6.07) is 4.62. The fourth-order valence-corrected chi connectivity index (χ4v) is 1.79. The van der Waals surface area contributed by atoms with Crippen LogP contribution >= 0.6 is 0 Å². The maximum atomic E-state index is 12.0. The number of carbonyl (C=O) groups excluding carboxylic acids is 1. The van der Waals surface area contributed by atoms with Crippen molar-refractivity contribution in [2.24, 2.45) is 7.05 Å². The SMILES string of the molecule is COc1cc(N(O)C(=O)Cn2cc[n+](C)c2)ccc1N.[Cl-]. The van der Waals surface area contributed by atoms with Crippen LogP contribution in [0.25, 0.3) is 0 Å². The van der Waals surface area contributed by atoms with Gasteiger partial charge in [0, 0.05) is 6.07 Å². The lowest BCUT2D eigenvalue weighted by Crippen LogP contribution is -3.00. The highest BCUT2D eigenvalue weighted by atomic mass is 35.5. The average Bonchev–Trinajstić information content (AvgIpc) is 2.83. The Balaban J connectivity index is 0.00000220. The van der Waals surface area contributed by atoms with Gasteiger partial charge in [0.05, 0.1) is 25.5 Å². The van der Waals surface area contributed by atoms with Gasteiger partial charge >= 0.3 is 0 Å². The summed E-state index contributed by atoms with van der Waals surface area (Å²) in [7, 11) is 3.32. The molecule has 0 bridgehead atoms. The third-order valence-electron chi connectivity index (χ3n) is 2.84. The molecule has 0 radical (unpaired) electrons. The van der Waals surface area contributed by atoms with E-state index in [1.54, 1.807) is 40.0 Å². The van der Waals surface area contributed by atoms with E-state index < -0.39 is 5.91 Å². The van der Waals surface area contributed by atoms with Crippen molar-refractivity contribution in [1.82, 2.24) is 4.57 Å². The van der Waals surface area contributed by atoms with E-state index in [9.17, 15) is 10.0 Å². The van der Waals surface area contributed by atoms with Crippen LogP contribution in [-0.4, -0.2) is 22.8 Å². The van der Waals surface area contributed by atoms with E-state index in [2.05, 4.69) is 0 Å². The number of methoxy groups -OCH3 is 1. The van der Waals surface area contributed by atoms with Gasteiger partial charge in [-0.3, -0.25) is 10.0 Å². The molecule has 0 aliphatic rings. The van der Waals surface area contributed by atoms with Gasteiger partial charge in [-0.05, 0) is 12.1 Å². The second-order valence-electron chi connectivity index (χ2n) is 4.38. The number of hydrogen-bond donors (Lipinski definition) is 2. The van der Waals surface area contributed by atoms with E-state index in [4.69, 9.17) is 10.5 Å². The number of aryl methyl sites for hydroxylation is 1. The third kappa shape index (κ3) is 3.87. The molecule has 7 nitrogen and oxygen atoms in total. The van der Waals surface area contributed by atoms with Crippen molar-refractivity contribution in [1.29, 1.82) is 0 Å². The number of nitrogens with zero attached hydrogens (tertiary/aromatic N) is 3. The molecule has 0 atom stereocenters. The molecule has 114 valence electrons. The molecule has 0 unspecified atom stereocenters. The smallest absolute Gasteiger partial charge is 0.292 e. The van der Waals surface area contributed by atoms with Crippen molar-refractivity contribution < 1.29 is 31.7 Å². The van der Waals surface area contributed by atoms with Crippen molar-refractivity contribution in [2.75, 3.05) is 17.9 Å². The molecule has 1 amide bonds. The number of carbonyl (C=O) groups is 1. The number of nitrogen functional groups attached to an aromatic ring is 1. The van der Waals surface area contributed by atoms with Gasteiger partial charge in [0.15, 0.2) is 6.54 Å². The first-order valence-corrected chi connectivity index (χ1v) is 5.97. The molecular formula is C13H17ClN4O3. The Hall–Kier alpha value is -2.25. The highest BCUT2D eigenvalue weighted by Crippen LogP contribution is 2.26. The average molecular weight is 313 g/mol. The number of benzene rings is 1. The molecule has 1 aromatic heterocycles. The maximum absolute atomic E-state index is 12.0. The molecule has 2 aromatic rings. The van der Waals surface area contributed by atoms with Crippen LogP contribution in [0.2, 0.25) is 0 Å². The Bertz CT molecular complexity index is 630. The van der Waals surface area contributed by atoms with Gasteiger partial charge in [0.1, 0.15) is 18.1 Å². The first kappa shape index (κ1) is 16.8. The summed E-state index contributed by atoms with van der Waals surface area (Å²) in [5, 5.41) is 10.5. The molecule has 2 rings (SSSR count). The fourth-order valence-electron chi connectivity index (χ4n) is 1.79. The van der Waals surface area contributed by atoms with Gasteiger partial charge < -0.3 is 22.9 Å². The second-order valence-corrected chi connectivity index (χ2v) is 4.38. The van der Waals surface area contributed by atoms with Crippen molar-refractivity contribution >= 4 is 17.3 Å². The van der Waals surface area contributed by atoms with Crippen LogP contribution in [0.3, 0.4) is 0 Å². The standard InChI is InChI=1S/C13H17N4O3.ClH/c1-15-5-6-16(9-15)8-13(18)17(19)10-3-4-11(14)12(7-10)20-2;/h3-7,9,19H,8,14H2,1-2H3;1H/q+1;/p-1. The van der Waals surface area contributed by atoms with Gasteiger partial charge in [-0.2, -0.15) is 5.06 Å². The van der Waals surface area contributed by atoms with E-state index in [-0.39, 0.29) is 19.0 Å². The molecule has 1 heterocycles. The van der Waals surface area contributed by atoms with Crippen molar-refractivity contribution in [2.45, 2.75) is 6.54 Å². The van der Waals surface area contributed by atoms with E-state index in [1.807, 2.05) is 7.05 Å². The molecule has 0 saturated heterocycles. The van der Waals surface area contributed by atoms with Crippen LogP contribution in [0.15, 0.2) is 36.9 Å². The number of nitrogens with two attached hydrogens (primary N) is 1. The lowest BCUT2D eigenvalue weighted by atomic mass is 10.2. The van der Waals surface area contributed by atoms with Gasteiger partial charge in [-0.15, -0.1) is 0 Å². The molecule has 0 spiro atoms. The van der Waals surface area contributed by atoms with Crippen molar-refractivity contribution in [3.63, 3.8) is 0 Å². The number of imidazole rings is 1. The van der Waals surface area contributed by atoms with Gasteiger partial charge in [0.2, 0.25) is 6.33 Å². The number of hydrogen-bond acceptors (Lipinski definition) is 4. The predicted octanol–water partition coefficient (Wildman–Crippen LogP) is -2.67. The largest absolute Gasteiger partial charge is 1.00 e. The molecular weight excluding hydrogens is 296 g/mol. The molecule has 1 aromatic carbocycles. The van der Waals surface area contributed by atoms with Gasteiger partial charge in [-0.25, -0.2) is 9.13 Å². The Morgan fingerprint density at radius 1 is 1.52 bits per heavy atom. The molecule has 0 aliphatic heterocycles. The zero-order valence-electron chi connectivity index (χ0n) is 11.7.